The number of rotatable bonds is 16. The minimum atomic E-state index is -0.308. The van der Waals surface area contributed by atoms with Gasteiger partial charge < -0.3 is 19.8 Å². The van der Waals surface area contributed by atoms with E-state index in [1.54, 1.807) is 0 Å². The van der Waals surface area contributed by atoms with Crippen LogP contribution >= 0.6 is 0 Å². The van der Waals surface area contributed by atoms with Gasteiger partial charge in [-0.3, -0.25) is 19.4 Å². The van der Waals surface area contributed by atoms with Gasteiger partial charge in [0.25, 0.3) is 0 Å². The number of aromatic amines is 2. The van der Waals surface area contributed by atoms with Crippen LogP contribution in [0.25, 0.3) is 24.3 Å². The average molecular weight is 779 g/mol. The van der Waals surface area contributed by atoms with Crippen LogP contribution in [0.3, 0.4) is 0 Å². The van der Waals surface area contributed by atoms with Gasteiger partial charge in [-0.15, -0.1) is 0 Å². The lowest BCUT2D eigenvalue weighted by atomic mass is 10.0. The van der Waals surface area contributed by atoms with Gasteiger partial charge in [-0.05, 0) is 86.3 Å². The summed E-state index contributed by atoms with van der Waals surface area (Å²) in [7, 11) is 0. The maximum atomic E-state index is 14.2. The summed E-state index contributed by atoms with van der Waals surface area (Å²) in [6.07, 6.45) is 15.7. The molecule has 2 amide bonds. The van der Waals surface area contributed by atoms with Gasteiger partial charge >= 0.3 is 0 Å². The second kappa shape index (κ2) is 19.2. The zero-order chi connectivity index (χ0) is 40.4. The maximum Gasteiger partial charge on any atom is 0.245 e. The number of hydrogen-bond donors (Lipinski definition) is 2. The lowest BCUT2D eigenvalue weighted by Gasteiger charge is -2.34. The highest BCUT2D eigenvalue weighted by atomic mass is 16.2. The van der Waals surface area contributed by atoms with Crippen molar-refractivity contribution in [3.63, 3.8) is 0 Å². The van der Waals surface area contributed by atoms with Gasteiger partial charge in [0, 0.05) is 19.3 Å². The van der Waals surface area contributed by atoms with E-state index in [0.717, 1.165) is 110 Å². The van der Waals surface area contributed by atoms with E-state index in [1.165, 1.54) is 0 Å². The summed E-state index contributed by atoms with van der Waals surface area (Å²) in [6.45, 7) is 13.1. The van der Waals surface area contributed by atoms with Crippen LogP contribution in [0.2, 0.25) is 0 Å². The van der Waals surface area contributed by atoms with E-state index in [2.05, 4.69) is 108 Å². The molecule has 0 unspecified atom stereocenters. The van der Waals surface area contributed by atoms with E-state index in [1.807, 2.05) is 70.7 Å². The lowest BCUT2D eigenvalue weighted by molar-refractivity contribution is -0.139. The van der Waals surface area contributed by atoms with Crippen LogP contribution < -0.4 is 0 Å². The van der Waals surface area contributed by atoms with Crippen LogP contribution in [-0.2, 0) is 9.59 Å². The molecule has 4 heterocycles. The normalized spacial score (nSPS) is 18.3. The molecule has 0 bridgehead atoms. The van der Waals surface area contributed by atoms with E-state index in [4.69, 9.17) is 9.97 Å². The van der Waals surface area contributed by atoms with Crippen molar-refractivity contribution in [1.29, 1.82) is 0 Å². The molecule has 0 aliphatic carbocycles. The van der Waals surface area contributed by atoms with Gasteiger partial charge in [0.05, 0.1) is 29.7 Å². The summed E-state index contributed by atoms with van der Waals surface area (Å²) in [6, 6.07) is 27.9. The zero-order valence-electron chi connectivity index (χ0n) is 34.4. The first-order chi connectivity index (χ1) is 28.4. The Morgan fingerprint density at radius 2 is 1.16 bits per heavy atom. The van der Waals surface area contributed by atoms with Gasteiger partial charge in [0.15, 0.2) is 0 Å². The first-order valence-electron chi connectivity index (χ1n) is 21.2. The number of aromatic nitrogens is 4. The third-order valence-corrected chi connectivity index (χ3v) is 11.8. The Morgan fingerprint density at radius 1 is 0.672 bits per heavy atom. The minimum Gasteiger partial charge on any atom is -0.346 e. The van der Waals surface area contributed by atoms with Crippen molar-refractivity contribution in [2.45, 2.75) is 77.5 Å². The molecular formula is C48H58N8O2. The third-order valence-electron chi connectivity index (χ3n) is 11.8. The van der Waals surface area contributed by atoms with Gasteiger partial charge in [0.1, 0.15) is 23.7 Å². The highest BCUT2D eigenvalue weighted by Crippen LogP contribution is 2.36. The number of imidazole rings is 2. The molecule has 0 radical (unpaired) electrons. The first-order valence-corrected chi connectivity index (χ1v) is 21.2. The molecule has 0 spiro atoms. The van der Waals surface area contributed by atoms with Crippen molar-refractivity contribution in [3.05, 3.63) is 143 Å². The number of carbonyl (C=O) groups excluding carboxylic acids is 2. The van der Waals surface area contributed by atoms with Crippen LogP contribution in [0.5, 0.6) is 0 Å². The summed E-state index contributed by atoms with van der Waals surface area (Å²) in [5, 5.41) is 0. The van der Waals surface area contributed by atoms with Crippen LogP contribution in [0.15, 0.2) is 97.3 Å². The Hall–Kier alpha value is -5.58. The van der Waals surface area contributed by atoms with Crippen LogP contribution in [-0.4, -0.2) is 90.6 Å². The molecule has 302 valence electrons. The van der Waals surface area contributed by atoms with Crippen molar-refractivity contribution in [1.82, 2.24) is 39.5 Å². The Balaban J connectivity index is 0.972. The molecule has 10 nitrogen and oxygen atoms in total. The number of likely N-dealkylation sites (tertiary alicyclic amines) is 2. The molecule has 2 aliphatic heterocycles. The third kappa shape index (κ3) is 9.09. The van der Waals surface area contributed by atoms with Crippen LogP contribution in [0, 0.1) is 0 Å². The Labute approximate surface area is 343 Å². The van der Waals surface area contributed by atoms with Gasteiger partial charge in [-0.2, -0.15) is 0 Å². The fraction of sp³-hybridized carbons (Fsp3) is 0.375. The Kier molecular flexibility index (Phi) is 13.5. The van der Waals surface area contributed by atoms with Crippen LogP contribution in [0.1, 0.15) is 123 Å². The van der Waals surface area contributed by atoms with Gasteiger partial charge in [-0.25, -0.2) is 9.97 Å². The topological polar surface area (TPSA) is 104 Å². The van der Waals surface area contributed by atoms with Gasteiger partial charge in [0.2, 0.25) is 11.8 Å². The van der Waals surface area contributed by atoms with E-state index in [0.29, 0.717) is 0 Å². The molecule has 0 saturated carbocycles. The molecule has 4 atom stereocenters. The summed E-state index contributed by atoms with van der Waals surface area (Å²) in [5.74, 6) is 1.96. The fourth-order valence-corrected chi connectivity index (χ4v) is 8.71. The monoisotopic (exact) mass is 778 g/mol. The molecule has 58 heavy (non-hydrogen) atoms. The second-order valence-corrected chi connectivity index (χ2v) is 15.2. The number of carbonyl (C=O) groups is 2. The number of nitrogens with one attached hydrogen (secondary N) is 2. The molecule has 2 fully saturated rings. The molecule has 2 saturated heterocycles. The van der Waals surface area contributed by atoms with E-state index in [9.17, 15) is 9.59 Å². The predicted molar refractivity (Wildman–Crippen MR) is 233 cm³/mol. The highest BCUT2D eigenvalue weighted by molar-refractivity contribution is 5.85. The summed E-state index contributed by atoms with van der Waals surface area (Å²) in [4.78, 5) is 53.4. The lowest BCUT2D eigenvalue weighted by Crippen LogP contribution is -2.43. The molecule has 10 heteroatoms. The Morgan fingerprint density at radius 3 is 1.66 bits per heavy atom. The number of likely N-dealkylation sites (N-methyl/N-ethyl adjacent to an activating group) is 2. The number of nitrogens with zero attached hydrogens (tertiary/aromatic N) is 6. The second-order valence-electron chi connectivity index (χ2n) is 15.2. The number of hydrogen-bond acceptors (Lipinski definition) is 6. The molecule has 7 rings (SSSR count). The first kappa shape index (κ1) is 40.6. The molecule has 2 aliphatic rings. The molecule has 2 N–H and O–H groups in total. The molecule has 5 aromatic rings. The smallest absolute Gasteiger partial charge is 0.245 e. The van der Waals surface area contributed by atoms with Crippen molar-refractivity contribution in [2.75, 3.05) is 39.3 Å². The maximum absolute atomic E-state index is 14.2. The predicted octanol–water partition coefficient (Wildman–Crippen LogP) is 8.97. The number of benzene rings is 3. The summed E-state index contributed by atoms with van der Waals surface area (Å²) in [5.41, 5.74) is 5.95. The standard InChI is InChI=1S/C48H58N8O2/c1-5-53(6-2)43(37-17-11-9-12-18-37)47(57)55-31-15-21-41(55)45-49-33-39(51-45)29-27-35-23-25-36(26-24-35)28-30-40-34-50-46(52-40)42-22-16-32-56(42)48(58)44(54(7-3)8-4)38-19-13-10-14-20-38/h9-14,17-20,23-30,33-34,41-44H,5-8,15-16,21-22,31-32H2,1-4H3,(H,49,51)(H,50,52)/t41-,42-,43+,44+/m0/s1. The molecule has 2 aromatic heterocycles. The van der Waals surface area contributed by atoms with E-state index < -0.39 is 0 Å². The number of amides is 2. The van der Waals surface area contributed by atoms with E-state index >= 15 is 0 Å². The van der Waals surface area contributed by atoms with Crippen molar-refractivity contribution in [2.24, 2.45) is 0 Å². The zero-order valence-corrected chi connectivity index (χ0v) is 34.4. The molecular weight excluding hydrogens is 721 g/mol. The van der Waals surface area contributed by atoms with Crippen molar-refractivity contribution < 1.29 is 9.59 Å². The van der Waals surface area contributed by atoms with Crippen LogP contribution in [0.4, 0.5) is 0 Å². The highest BCUT2D eigenvalue weighted by Gasteiger charge is 2.39. The Bertz CT molecular complexity index is 1980. The largest absolute Gasteiger partial charge is 0.346 e. The average Bonchev–Trinajstić information content (AvgIpc) is 4.11. The summed E-state index contributed by atoms with van der Waals surface area (Å²) < 4.78 is 0. The SMILES string of the molecule is CCN(CC)[C@@H](C(=O)N1CCC[C@H]1c1nc(C=Cc2ccc(C=Cc3cnc([C@@H]4CCCN4C(=O)[C@@H](c4ccccc4)N(CC)CC)[nH]3)cc2)c[nH]1)c1ccccc1. The molecule has 3 aromatic carbocycles. The number of H-pyrrole nitrogens is 2. The summed E-state index contributed by atoms with van der Waals surface area (Å²) >= 11 is 0. The minimum absolute atomic E-state index is 0.0717. The van der Waals surface area contributed by atoms with Crippen molar-refractivity contribution in [3.8, 4) is 0 Å². The van der Waals surface area contributed by atoms with Gasteiger partial charge in [-0.1, -0.05) is 125 Å². The quantitative estimate of drug-likeness (QED) is 0.104. The van der Waals surface area contributed by atoms with Crippen molar-refractivity contribution >= 4 is 36.1 Å². The fourth-order valence-electron chi connectivity index (χ4n) is 8.71. The van der Waals surface area contributed by atoms with E-state index in [-0.39, 0.29) is 36.0 Å².